The molecule has 1 fully saturated rings. The number of urea groups is 1. The van der Waals surface area contributed by atoms with Crippen LogP contribution in [0.15, 0.2) is 18.3 Å². The Morgan fingerprint density at radius 2 is 2.19 bits per heavy atom. The van der Waals surface area contributed by atoms with E-state index in [1.54, 1.807) is 25.3 Å². The van der Waals surface area contributed by atoms with Gasteiger partial charge in [-0.05, 0) is 37.3 Å². The monoisotopic (exact) mass is 291 g/mol. The molecule has 1 unspecified atom stereocenters. The highest BCUT2D eigenvalue weighted by Crippen LogP contribution is 2.35. The number of rotatable bonds is 2. The molecule has 6 heteroatoms. The number of hydrogen-bond donors (Lipinski definition) is 2. The van der Waals surface area contributed by atoms with Gasteiger partial charge in [0.25, 0.3) is 0 Å². The number of likely N-dealkylation sites (tertiary alicyclic amines) is 1. The van der Waals surface area contributed by atoms with Crippen LogP contribution in [0.4, 0.5) is 10.5 Å². The van der Waals surface area contributed by atoms with Crippen molar-refractivity contribution in [1.82, 2.24) is 9.88 Å². The highest BCUT2D eigenvalue weighted by atomic mass is 16.4. The van der Waals surface area contributed by atoms with Gasteiger partial charge in [0, 0.05) is 12.7 Å². The maximum atomic E-state index is 12.4. The largest absolute Gasteiger partial charge is 0.480 e. The molecule has 1 saturated heterocycles. The minimum absolute atomic E-state index is 0.383. The first-order valence-corrected chi connectivity index (χ1v) is 7.05. The number of carbonyl (C=O) groups excluding carboxylic acids is 1. The van der Waals surface area contributed by atoms with Crippen molar-refractivity contribution in [3.8, 4) is 0 Å². The zero-order valence-corrected chi connectivity index (χ0v) is 12.6. The van der Waals surface area contributed by atoms with Crippen molar-refractivity contribution in [2.45, 2.75) is 39.7 Å². The fourth-order valence-electron chi connectivity index (χ4n) is 2.88. The normalized spacial score (nSPS) is 20.9. The molecule has 1 aromatic rings. The molecule has 0 radical (unpaired) electrons. The first kappa shape index (κ1) is 15.3. The van der Waals surface area contributed by atoms with Gasteiger partial charge >= 0.3 is 12.0 Å². The second-order valence-electron chi connectivity index (χ2n) is 6.09. The summed E-state index contributed by atoms with van der Waals surface area (Å²) in [6, 6.07) is 2.29. The third-order valence-corrected chi connectivity index (χ3v) is 4.02. The summed E-state index contributed by atoms with van der Waals surface area (Å²) < 4.78 is 0. The van der Waals surface area contributed by atoms with E-state index in [0.717, 1.165) is 12.8 Å². The molecule has 2 amide bonds. The maximum Gasteiger partial charge on any atom is 0.327 e. The standard InChI is InChI=1S/C15H21N3O3/c1-10-11(6-4-8-16-10)17-14(21)18-9-5-7-15(2,3)12(18)13(19)20/h4,6,8,12H,5,7,9H2,1-3H3,(H,17,21)(H,19,20). The Labute approximate surface area is 124 Å². The lowest BCUT2D eigenvalue weighted by atomic mass is 9.76. The fraction of sp³-hybridized carbons (Fsp3) is 0.533. The first-order chi connectivity index (χ1) is 9.83. The number of hydrogen-bond acceptors (Lipinski definition) is 3. The number of nitrogens with one attached hydrogen (secondary N) is 1. The van der Waals surface area contributed by atoms with Gasteiger partial charge in [0.1, 0.15) is 6.04 Å². The molecule has 1 aliphatic rings. The predicted molar refractivity (Wildman–Crippen MR) is 79.1 cm³/mol. The number of piperidine rings is 1. The Bertz CT molecular complexity index is 557. The number of anilines is 1. The summed E-state index contributed by atoms with van der Waals surface area (Å²) in [5, 5.41) is 12.2. The molecule has 1 aliphatic heterocycles. The topological polar surface area (TPSA) is 82.5 Å². The number of carboxylic acids is 1. The summed E-state index contributed by atoms with van der Waals surface area (Å²) in [7, 11) is 0. The maximum absolute atomic E-state index is 12.4. The molecule has 0 spiro atoms. The number of aliphatic carboxylic acids is 1. The van der Waals surface area contributed by atoms with Crippen molar-refractivity contribution in [1.29, 1.82) is 0 Å². The zero-order valence-electron chi connectivity index (χ0n) is 12.6. The first-order valence-electron chi connectivity index (χ1n) is 7.05. The van der Waals surface area contributed by atoms with E-state index in [9.17, 15) is 14.7 Å². The molecule has 2 N–H and O–H groups in total. The Hall–Kier alpha value is -2.11. The molecular weight excluding hydrogens is 270 g/mol. The summed E-state index contributed by atoms with van der Waals surface area (Å²) in [6.45, 7) is 6.02. The molecule has 21 heavy (non-hydrogen) atoms. The average Bonchev–Trinajstić information content (AvgIpc) is 2.39. The number of aromatic nitrogens is 1. The van der Waals surface area contributed by atoms with Crippen molar-refractivity contribution in [2.24, 2.45) is 5.41 Å². The Morgan fingerprint density at radius 1 is 1.48 bits per heavy atom. The van der Waals surface area contributed by atoms with Crippen LogP contribution in [0.3, 0.4) is 0 Å². The number of carbonyl (C=O) groups is 2. The molecule has 1 atom stereocenters. The lowest BCUT2D eigenvalue weighted by molar-refractivity contribution is -0.148. The van der Waals surface area contributed by atoms with Gasteiger partial charge in [-0.1, -0.05) is 13.8 Å². The Balaban J connectivity index is 2.21. The molecule has 6 nitrogen and oxygen atoms in total. The molecule has 2 rings (SSSR count). The molecule has 114 valence electrons. The molecule has 0 bridgehead atoms. The van der Waals surface area contributed by atoms with Crippen molar-refractivity contribution in [3.05, 3.63) is 24.0 Å². The molecule has 0 aliphatic carbocycles. The molecule has 1 aromatic heterocycles. The number of amides is 2. The summed E-state index contributed by atoms with van der Waals surface area (Å²) in [4.78, 5) is 29.5. The van der Waals surface area contributed by atoms with E-state index in [-0.39, 0.29) is 6.03 Å². The number of aryl methyl sites for hydroxylation is 1. The van der Waals surface area contributed by atoms with Crippen LogP contribution in [-0.2, 0) is 4.79 Å². The molecule has 0 aromatic carbocycles. The second-order valence-corrected chi connectivity index (χ2v) is 6.09. The third kappa shape index (κ3) is 3.15. The third-order valence-electron chi connectivity index (χ3n) is 4.02. The zero-order chi connectivity index (χ0) is 15.6. The number of pyridine rings is 1. The van der Waals surface area contributed by atoms with Gasteiger partial charge in [0.2, 0.25) is 0 Å². The lowest BCUT2D eigenvalue weighted by Gasteiger charge is -2.43. The predicted octanol–water partition coefficient (Wildman–Crippen LogP) is 2.50. The van der Waals surface area contributed by atoms with E-state index in [0.29, 0.717) is 17.9 Å². The number of nitrogens with zero attached hydrogens (tertiary/aromatic N) is 2. The van der Waals surface area contributed by atoms with E-state index < -0.39 is 17.4 Å². The summed E-state index contributed by atoms with van der Waals surface area (Å²) in [6.07, 6.45) is 3.24. The van der Waals surface area contributed by atoms with Gasteiger partial charge in [-0.3, -0.25) is 4.98 Å². The highest BCUT2D eigenvalue weighted by molar-refractivity contribution is 5.93. The van der Waals surface area contributed by atoms with Gasteiger partial charge in [-0.15, -0.1) is 0 Å². The quantitative estimate of drug-likeness (QED) is 0.877. The van der Waals surface area contributed by atoms with E-state index in [1.165, 1.54) is 4.90 Å². The van der Waals surface area contributed by atoms with E-state index in [4.69, 9.17) is 0 Å². The van der Waals surface area contributed by atoms with Gasteiger partial charge in [-0.2, -0.15) is 0 Å². The van der Waals surface area contributed by atoms with Crippen molar-refractivity contribution in [3.63, 3.8) is 0 Å². The van der Waals surface area contributed by atoms with Crippen LogP contribution >= 0.6 is 0 Å². The second kappa shape index (κ2) is 5.71. The Morgan fingerprint density at radius 3 is 2.81 bits per heavy atom. The van der Waals surface area contributed by atoms with Crippen LogP contribution in [0.2, 0.25) is 0 Å². The van der Waals surface area contributed by atoms with E-state index >= 15 is 0 Å². The highest BCUT2D eigenvalue weighted by Gasteiger charge is 2.44. The van der Waals surface area contributed by atoms with Gasteiger partial charge < -0.3 is 15.3 Å². The van der Waals surface area contributed by atoms with Crippen LogP contribution in [0, 0.1) is 12.3 Å². The van der Waals surface area contributed by atoms with Crippen LogP contribution in [0.5, 0.6) is 0 Å². The van der Waals surface area contributed by atoms with Crippen molar-refractivity contribution >= 4 is 17.7 Å². The van der Waals surface area contributed by atoms with E-state index in [1.807, 2.05) is 13.8 Å². The SMILES string of the molecule is Cc1ncccc1NC(=O)N1CCCC(C)(C)C1C(=O)O. The van der Waals surface area contributed by atoms with Gasteiger partial charge in [0.15, 0.2) is 0 Å². The van der Waals surface area contributed by atoms with E-state index in [2.05, 4.69) is 10.3 Å². The summed E-state index contributed by atoms with van der Waals surface area (Å²) in [5.74, 6) is -0.960. The van der Waals surface area contributed by atoms with Gasteiger partial charge in [-0.25, -0.2) is 9.59 Å². The number of carboxylic acid groups (broad SMARTS) is 1. The van der Waals surface area contributed by atoms with Crippen molar-refractivity contribution in [2.75, 3.05) is 11.9 Å². The minimum Gasteiger partial charge on any atom is -0.480 e. The molecule has 2 heterocycles. The summed E-state index contributed by atoms with van der Waals surface area (Å²) in [5.41, 5.74) is 0.870. The van der Waals surface area contributed by atoms with Crippen LogP contribution in [0.1, 0.15) is 32.4 Å². The van der Waals surface area contributed by atoms with Crippen LogP contribution in [-0.4, -0.2) is 39.6 Å². The minimum atomic E-state index is -0.960. The molecule has 0 saturated carbocycles. The Kier molecular flexibility index (Phi) is 4.16. The van der Waals surface area contributed by atoms with Crippen LogP contribution in [0.25, 0.3) is 0 Å². The van der Waals surface area contributed by atoms with Crippen LogP contribution < -0.4 is 5.32 Å². The lowest BCUT2D eigenvalue weighted by Crippen LogP contribution is -2.57. The molecular formula is C15H21N3O3. The smallest absolute Gasteiger partial charge is 0.327 e. The van der Waals surface area contributed by atoms with Gasteiger partial charge in [0.05, 0.1) is 11.4 Å². The summed E-state index contributed by atoms with van der Waals surface area (Å²) >= 11 is 0. The van der Waals surface area contributed by atoms with Crippen molar-refractivity contribution < 1.29 is 14.7 Å². The average molecular weight is 291 g/mol. The fourth-order valence-corrected chi connectivity index (χ4v) is 2.88.